The molecule has 0 saturated heterocycles. The summed E-state index contributed by atoms with van der Waals surface area (Å²) in [7, 11) is 0. The van der Waals surface area contributed by atoms with E-state index in [1.54, 1.807) is 11.3 Å². The average molecular weight is 280 g/mol. The molecule has 0 aliphatic heterocycles. The van der Waals surface area contributed by atoms with Gasteiger partial charge in [0.2, 0.25) is 0 Å². The maximum absolute atomic E-state index is 5.25. The number of aromatic amines is 1. The van der Waals surface area contributed by atoms with Crippen LogP contribution in [0.25, 0.3) is 10.7 Å². The molecule has 1 saturated carbocycles. The molecule has 0 bridgehead atoms. The third-order valence-corrected chi connectivity index (χ3v) is 4.82. The van der Waals surface area contributed by atoms with E-state index >= 15 is 0 Å². The summed E-state index contributed by atoms with van der Waals surface area (Å²) >= 11 is 7.04. The molecule has 3 rings (SSSR count). The van der Waals surface area contributed by atoms with Crippen LogP contribution in [0.3, 0.4) is 0 Å². The van der Waals surface area contributed by atoms with Gasteiger partial charge < -0.3 is 0 Å². The van der Waals surface area contributed by atoms with Gasteiger partial charge in [-0.3, -0.25) is 9.67 Å². The monoisotopic (exact) mass is 280 g/mol. The lowest BCUT2D eigenvalue weighted by atomic mass is 10.3. The molecule has 18 heavy (non-hydrogen) atoms. The summed E-state index contributed by atoms with van der Waals surface area (Å²) in [5, 5.41) is 8.54. The molecule has 2 aromatic rings. The van der Waals surface area contributed by atoms with Gasteiger partial charge >= 0.3 is 0 Å². The molecule has 0 atom stereocenters. The zero-order valence-electron chi connectivity index (χ0n) is 10.6. The molecular weight excluding hydrogens is 264 g/mol. The highest BCUT2D eigenvalue weighted by Crippen LogP contribution is 2.44. The van der Waals surface area contributed by atoms with Crippen LogP contribution in [-0.2, 0) is 13.0 Å². The van der Waals surface area contributed by atoms with Crippen LogP contribution in [0.2, 0.25) is 0 Å². The van der Waals surface area contributed by atoms with Crippen LogP contribution in [0.5, 0.6) is 0 Å². The Morgan fingerprint density at radius 3 is 2.83 bits per heavy atom. The van der Waals surface area contributed by atoms with E-state index in [9.17, 15) is 0 Å². The number of thiazole rings is 1. The Morgan fingerprint density at radius 2 is 2.22 bits per heavy atom. The molecule has 1 N–H and O–H groups in total. The molecule has 2 heterocycles. The molecule has 0 spiro atoms. The van der Waals surface area contributed by atoms with Crippen molar-refractivity contribution in [3.8, 4) is 10.7 Å². The molecule has 6 heteroatoms. The van der Waals surface area contributed by atoms with Gasteiger partial charge in [-0.15, -0.1) is 11.3 Å². The SMILES string of the molecule is CCc1nc(C2CC2)sc1-c1n[nH]c(=S)n1CC. The second-order valence-corrected chi connectivity index (χ2v) is 5.97. The number of hydrogen-bond donors (Lipinski definition) is 1. The second kappa shape index (κ2) is 4.59. The predicted molar refractivity (Wildman–Crippen MR) is 75.5 cm³/mol. The van der Waals surface area contributed by atoms with E-state index in [-0.39, 0.29) is 0 Å². The molecule has 1 fully saturated rings. The van der Waals surface area contributed by atoms with Crippen LogP contribution in [-0.4, -0.2) is 19.7 Å². The Kier molecular flexibility index (Phi) is 3.07. The van der Waals surface area contributed by atoms with Crippen molar-refractivity contribution in [3.63, 3.8) is 0 Å². The van der Waals surface area contributed by atoms with Crippen molar-refractivity contribution in [2.75, 3.05) is 0 Å². The number of rotatable bonds is 4. The summed E-state index contributed by atoms with van der Waals surface area (Å²) in [4.78, 5) is 5.96. The van der Waals surface area contributed by atoms with Crippen molar-refractivity contribution < 1.29 is 0 Å². The average Bonchev–Trinajstić information content (AvgIpc) is 3.03. The summed E-state index contributed by atoms with van der Waals surface area (Å²) in [6.45, 7) is 5.07. The van der Waals surface area contributed by atoms with Crippen LogP contribution < -0.4 is 0 Å². The highest BCUT2D eigenvalue weighted by molar-refractivity contribution is 7.71. The van der Waals surface area contributed by atoms with Crippen molar-refractivity contribution in [2.24, 2.45) is 0 Å². The smallest absolute Gasteiger partial charge is 0.195 e. The van der Waals surface area contributed by atoms with Crippen molar-refractivity contribution in [3.05, 3.63) is 15.5 Å². The van der Waals surface area contributed by atoms with E-state index in [1.165, 1.54) is 22.7 Å². The fourth-order valence-electron chi connectivity index (χ4n) is 2.07. The minimum absolute atomic E-state index is 0.691. The number of nitrogens with one attached hydrogen (secondary N) is 1. The number of nitrogens with zero attached hydrogens (tertiary/aromatic N) is 3. The Bertz CT molecular complexity index is 618. The van der Waals surface area contributed by atoms with Crippen LogP contribution in [0, 0.1) is 4.77 Å². The quantitative estimate of drug-likeness (QED) is 0.872. The van der Waals surface area contributed by atoms with E-state index in [0.29, 0.717) is 10.7 Å². The number of hydrogen-bond acceptors (Lipinski definition) is 4. The Labute approximate surface area is 115 Å². The molecule has 0 unspecified atom stereocenters. The molecule has 2 aromatic heterocycles. The van der Waals surface area contributed by atoms with Gasteiger partial charge in [0.15, 0.2) is 10.6 Å². The van der Waals surface area contributed by atoms with Gasteiger partial charge in [0.05, 0.1) is 15.6 Å². The predicted octanol–water partition coefficient (Wildman–Crippen LogP) is 3.52. The summed E-state index contributed by atoms with van der Waals surface area (Å²) in [6, 6.07) is 0. The molecule has 1 aliphatic rings. The topological polar surface area (TPSA) is 46.5 Å². The fraction of sp³-hybridized carbons (Fsp3) is 0.583. The third kappa shape index (κ3) is 1.93. The maximum atomic E-state index is 5.25. The summed E-state index contributed by atoms with van der Waals surface area (Å²) < 4.78 is 2.73. The lowest BCUT2D eigenvalue weighted by Gasteiger charge is -2.01. The van der Waals surface area contributed by atoms with Gasteiger partial charge in [0.1, 0.15) is 0 Å². The lowest BCUT2D eigenvalue weighted by molar-refractivity contribution is 0.755. The third-order valence-electron chi connectivity index (χ3n) is 3.25. The van der Waals surface area contributed by atoms with E-state index in [0.717, 1.165) is 24.5 Å². The minimum Gasteiger partial charge on any atom is -0.300 e. The summed E-state index contributed by atoms with van der Waals surface area (Å²) in [5.41, 5.74) is 1.16. The molecule has 0 amide bonds. The van der Waals surface area contributed by atoms with Gasteiger partial charge in [-0.25, -0.2) is 4.98 Å². The van der Waals surface area contributed by atoms with Gasteiger partial charge in [-0.1, -0.05) is 6.92 Å². The molecule has 1 aliphatic carbocycles. The highest BCUT2D eigenvalue weighted by Gasteiger charge is 2.29. The number of aromatic nitrogens is 4. The lowest BCUT2D eigenvalue weighted by Crippen LogP contribution is -1.98. The Morgan fingerprint density at radius 1 is 1.44 bits per heavy atom. The van der Waals surface area contributed by atoms with Crippen molar-refractivity contribution >= 4 is 23.6 Å². The normalized spacial score (nSPS) is 15.2. The molecular formula is C12H16N4S2. The van der Waals surface area contributed by atoms with Gasteiger partial charge in [-0.05, 0) is 38.4 Å². The van der Waals surface area contributed by atoms with Gasteiger partial charge in [0, 0.05) is 12.5 Å². The number of H-pyrrole nitrogens is 1. The van der Waals surface area contributed by atoms with Crippen molar-refractivity contribution in [1.82, 2.24) is 19.7 Å². The largest absolute Gasteiger partial charge is 0.300 e. The fourth-order valence-corrected chi connectivity index (χ4v) is 3.66. The van der Waals surface area contributed by atoms with Gasteiger partial charge in [0.25, 0.3) is 0 Å². The van der Waals surface area contributed by atoms with Crippen LogP contribution >= 0.6 is 23.6 Å². The maximum Gasteiger partial charge on any atom is 0.195 e. The van der Waals surface area contributed by atoms with Crippen LogP contribution in [0.1, 0.15) is 43.3 Å². The first-order chi connectivity index (χ1) is 8.74. The standard InChI is InChI=1S/C12H16N4S2/c1-3-8-9(18-11(13-8)7-5-6-7)10-14-15-12(17)16(10)4-2/h7H,3-6H2,1-2H3,(H,15,17). The Hall–Kier alpha value is -1.01. The molecule has 4 nitrogen and oxygen atoms in total. The van der Waals surface area contributed by atoms with Crippen molar-refractivity contribution in [1.29, 1.82) is 0 Å². The first-order valence-corrected chi connectivity index (χ1v) is 7.62. The second-order valence-electron chi connectivity index (χ2n) is 4.55. The van der Waals surface area contributed by atoms with Crippen LogP contribution in [0.4, 0.5) is 0 Å². The van der Waals surface area contributed by atoms with Crippen LogP contribution in [0.15, 0.2) is 0 Å². The summed E-state index contributed by atoms with van der Waals surface area (Å²) in [5.74, 6) is 1.65. The molecule has 0 aromatic carbocycles. The minimum atomic E-state index is 0.691. The van der Waals surface area contributed by atoms with Crippen molar-refractivity contribution in [2.45, 2.75) is 45.6 Å². The molecule has 96 valence electrons. The van der Waals surface area contributed by atoms with E-state index < -0.39 is 0 Å². The Balaban J connectivity index is 2.11. The molecule has 0 radical (unpaired) electrons. The highest BCUT2D eigenvalue weighted by atomic mass is 32.1. The number of aryl methyl sites for hydroxylation is 1. The first kappa shape index (κ1) is 12.0. The van der Waals surface area contributed by atoms with E-state index in [1.807, 2.05) is 4.57 Å². The zero-order valence-corrected chi connectivity index (χ0v) is 12.2. The summed E-state index contributed by atoms with van der Waals surface area (Å²) in [6.07, 6.45) is 3.52. The van der Waals surface area contributed by atoms with Gasteiger partial charge in [-0.2, -0.15) is 5.10 Å². The first-order valence-electron chi connectivity index (χ1n) is 6.39. The van der Waals surface area contributed by atoms with E-state index in [4.69, 9.17) is 17.2 Å². The zero-order chi connectivity index (χ0) is 12.7. The van der Waals surface area contributed by atoms with E-state index in [2.05, 4.69) is 24.0 Å².